The van der Waals surface area contributed by atoms with Crippen molar-refractivity contribution in [1.29, 1.82) is 0 Å². The summed E-state index contributed by atoms with van der Waals surface area (Å²) in [6, 6.07) is 9.53. The molecule has 2 saturated carbocycles. The predicted molar refractivity (Wildman–Crippen MR) is 83.5 cm³/mol. The molecule has 1 N–H and O–H groups in total. The molecule has 1 heterocycles. The third kappa shape index (κ3) is 2.86. The summed E-state index contributed by atoms with van der Waals surface area (Å²) in [5.41, 5.74) is 1.96. The van der Waals surface area contributed by atoms with Crippen LogP contribution in [0.4, 0.5) is 0 Å². The van der Waals surface area contributed by atoms with Gasteiger partial charge in [0.1, 0.15) is 5.01 Å². The number of benzene rings is 1. The van der Waals surface area contributed by atoms with Gasteiger partial charge in [-0.2, -0.15) is 0 Å². The van der Waals surface area contributed by atoms with Gasteiger partial charge in [0.05, 0.1) is 11.7 Å². The van der Waals surface area contributed by atoms with Crippen LogP contribution in [0.15, 0.2) is 35.7 Å². The Balaban J connectivity index is 1.52. The molecule has 0 aliphatic heterocycles. The highest BCUT2D eigenvalue weighted by Gasteiger charge is 2.36. The van der Waals surface area contributed by atoms with Crippen molar-refractivity contribution in [1.82, 2.24) is 10.3 Å². The van der Waals surface area contributed by atoms with Crippen molar-refractivity contribution in [2.45, 2.75) is 37.6 Å². The quantitative estimate of drug-likeness (QED) is 0.909. The first kappa shape index (κ1) is 13.0. The summed E-state index contributed by atoms with van der Waals surface area (Å²) in [5, 5.41) is 6.46. The molecule has 0 unspecified atom stereocenters. The van der Waals surface area contributed by atoms with Crippen molar-refractivity contribution in [3.05, 3.63) is 52.0 Å². The smallest absolute Gasteiger partial charge is 0.251 e. The summed E-state index contributed by atoms with van der Waals surface area (Å²) in [7, 11) is 0. The number of aromatic nitrogens is 1. The maximum atomic E-state index is 12.4. The van der Waals surface area contributed by atoms with Crippen molar-refractivity contribution in [2.75, 3.05) is 0 Å². The van der Waals surface area contributed by atoms with Crippen molar-refractivity contribution in [3.8, 4) is 0 Å². The Labute approximate surface area is 128 Å². The summed E-state index contributed by atoms with van der Waals surface area (Å²) in [6.07, 6.45) is 4.93. The van der Waals surface area contributed by atoms with Crippen LogP contribution in [0.2, 0.25) is 0 Å². The van der Waals surface area contributed by atoms with E-state index in [9.17, 15) is 4.79 Å². The van der Waals surface area contributed by atoms with Crippen LogP contribution in [0.1, 0.15) is 58.7 Å². The fraction of sp³-hybridized carbons (Fsp3) is 0.412. The van der Waals surface area contributed by atoms with Crippen LogP contribution in [0.25, 0.3) is 0 Å². The zero-order valence-electron chi connectivity index (χ0n) is 11.8. The lowest BCUT2D eigenvalue weighted by Crippen LogP contribution is -2.29. The molecule has 2 fully saturated rings. The number of hydrogen-bond acceptors (Lipinski definition) is 3. The SMILES string of the molecule is O=C(N[C@H](c1nc(C2CC2)cs1)C1CC1)c1ccccc1. The van der Waals surface area contributed by atoms with Gasteiger partial charge in [-0.3, -0.25) is 4.79 Å². The molecular formula is C17H18N2OS. The molecule has 0 saturated heterocycles. The average molecular weight is 298 g/mol. The molecule has 108 valence electrons. The van der Waals surface area contributed by atoms with Crippen molar-refractivity contribution in [3.63, 3.8) is 0 Å². The number of carbonyl (C=O) groups excluding carboxylic acids is 1. The van der Waals surface area contributed by atoms with Gasteiger partial charge in [0, 0.05) is 16.9 Å². The fourth-order valence-electron chi connectivity index (χ4n) is 2.64. The van der Waals surface area contributed by atoms with E-state index in [2.05, 4.69) is 10.7 Å². The molecule has 0 spiro atoms. The molecule has 3 nitrogen and oxygen atoms in total. The van der Waals surface area contributed by atoms with Gasteiger partial charge in [0.15, 0.2) is 0 Å². The standard InChI is InChI=1S/C17H18N2OS/c20-16(13-4-2-1-3-5-13)19-15(12-8-9-12)17-18-14(10-21-17)11-6-7-11/h1-5,10-12,15H,6-9H2,(H,19,20)/t15-/m0/s1. The second kappa shape index (κ2) is 5.26. The van der Waals surface area contributed by atoms with E-state index >= 15 is 0 Å². The molecule has 1 atom stereocenters. The number of hydrogen-bond donors (Lipinski definition) is 1. The lowest BCUT2D eigenvalue weighted by Gasteiger charge is -2.16. The molecule has 0 bridgehead atoms. The maximum Gasteiger partial charge on any atom is 0.251 e. The molecule has 1 aromatic heterocycles. The van der Waals surface area contributed by atoms with Gasteiger partial charge in [-0.25, -0.2) is 4.98 Å². The van der Waals surface area contributed by atoms with Gasteiger partial charge < -0.3 is 5.32 Å². The van der Waals surface area contributed by atoms with Gasteiger partial charge in [-0.15, -0.1) is 11.3 Å². The average Bonchev–Trinajstić information content (AvgIpc) is 3.44. The second-order valence-electron chi connectivity index (χ2n) is 6.04. The van der Waals surface area contributed by atoms with E-state index in [0.717, 1.165) is 10.6 Å². The van der Waals surface area contributed by atoms with E-state index in [1.807, 2.05) is 30.3 Å². The monoisotopic (exact) mass is 298 g/mol. The zero-order valence-corrected chi connectivity index (χ0v) is 12.6. The van der Waals surface area contributed by atoms with Crippen molar-refractivity contribution in [2.24, 2.45) is 5.92 Å². The first-order chi connectivity index (χ1) is 10.3. The zero-order chi connectivity index (χ0) is 14.2. The highest BCUT2D eigenvalue weighted by atomic mass is 32.1. The molecular weight excluding hydrogens is 280 g/mol. The van der Waals surface area contributed by atoms with Crippen LogP contribution in [-0.2, 0) is 0 Å². The van der Waals surface area contributed by atoms with Gasteiger partial charge in [-0.1, -0.05) is 18.2 Å². The Hall–Kier alpha value is -1.68. The number of rotatable bonds is 5. The molecule has 4 rings (SSSR count). The van der Waals surface area contributed by atoms with Gasteiger partial charge in [0.25, 0.3) is 5.91 Å². The van der Waals surface area contributed by atoms with Crippen LogP contribution in [0.5, 0.6) is 0 Å². The molecule has 2 aromatic rings. The number of amides is 1. The van der Waals surface area contributed by atoms with E-state index < -0.39 is 0 Å². The predicted octanol–water partition coefficient (Wildman–Crippen LogP) is 3.90. The third-order valence-electron chi connectivity index (χ3n) is 4.22. The van der Waals surface area contributed by atoms with Gasteiger partial charge in [-0.05, 0) is 43.7 Å². The highest BCUT2D eigenvalue weighted by molar-refractivity contribution is 7.09. The Morgan fingerprint density at radius 3 is 2.62 bits per heavy atom. The topological polar surface area (TPSA) is 42.0 Å². The molecule has 2 aliphatic carbocycles. The first-order valence-electron chi connectivity index (χ1n) is 7.62. The molecule has 1 amide bonds. The Bertz CT molecular complexity index is 644. The Morgan fingerprint density at radius 1 is 1.19 bits per heavy atom. The number of nitrogens with one attached hydrogen (secondary N) is 1. The Morgan fingerprint density at radius 2 is 1.95 bits per heavy atom. The summed E-state index contributed by atoms with van der Waals surface area (Å²) >= 11 is 1.71. The van der Waals surface area contributed by atoms with E-state index in [0.29, 0.717) is 11.8 Å². The minimum Gasteiger partial charge on any atom is -0.343 e. The molecule has 0 radical (unpaired) electrons. The van der Waals surface area contributed by atoms with Gasteiger partial charge in [0.2, 0.25) is 0 Å². The summed E-state index contributed by atoms with van der Waals surface area (Å²) in [6.45, 7) is 0. The molecule has 4 heteroatoms. The minimum absolute atomic E-state index is 0.00988. The first-order valence-corrected chi connectivity index (χ1v) is 8.50. The normalized spacial score (nSPS) is 19.2. The minimum atomic E-state index is 0.00988. The highest BCUT2D eigenvalue weighted by Crippen LogP contribution is 2.45. The van der Waals surface area contributed by atoms with Crippen LogP contribution in [0, 0.1) is 5.92 Å². The lowest BCUT2D eigenvalue weighted by atomic mass is 10.1. The largest absolute Gasteiger partial charge is 0.343 e. The molecule has 21 heavy (non-hydrogen) atoms. The molecule has 2 aliphatic rings. The van der Waals surface area contributed by atoms with Crippen LogP contribution in [-0.4, -0.2) is 10.9 Å². The van der Waals surface area contributed by atoms with E-state index in [4.69, 9.17) is 4.98 Å². The summed E-state index contributed by atoms with van der Waals surface area (Å²) in [5.74, 6) is 1.26. The maximum absolute atomic E-state index is 12.4. The van der Waals surface area contributed by atoms with Crippen LogP contribution in [0.3, 0.4) is 0 Å². The number of nitrogens with zero attached hydrogens (tertiary/aromatic N) is 1. The fourth-order valence-corrected chi connectivity index (χ4v) is 3.68. The van der Waals surface area contributed by atoms with Crippen molar-refractivity contribution >= 4 is 17.2 Å². The summed E-state index contributed by atoms with van der Waals surface area (Å²) in [4.78, 5) is 17.2. The van der Waals surface area contributed by atoms with E-state index in [-0.39, 0.29) is 11.9 Å². The van der Waals surface area contributed by atoms with E-state index in [1.165, 1.54) is 31.4 Å². The van der Waals surface area contributed by atoms with Crippen molar-refractivity contribution < 1.29 is 4.79 Å². The molecule has 1 aromatic carbocycles. The van der Waals surface area contributed by atoms with Gasteiger partial charge >= 0.3 is 0 Å². The third-order valence-corrected chi connectivity index (χ3v) is 5.16. The lowest BCUT2D eigenvalue weighted by molar-refractivity contribution is 0.0931. The second-order valence-corrected chi connectivity index (χ2v) is 6.93. The summed E-state index contributed by atoms with van der Waals surface area (Å²) < 4.78 is 0. The van der Waals surface area contributed by atoms with E-state index in [1.54, 1.807) is 11.3 Å². The van der Waals surface area contributed by atoms with Crippen LogP contribution >= 0.6 is 11.3 Å². The number of carbonyl (C=O) groups is 1. The Kier molecular flexibility index (Phi) is 3.26. The van der Waals surface area contributed by atoms with Crippen LogP contribution < -0.4 is 5.32 Å². The number of thiazole rings is 1.